The second kappa shape index (κ2) is 23.5. The van der Waals surface area contributed by atoms with E-state index in [1.807, 2.05) is 0 Å². The number of nitrogens with two attached hydrogens (primary N) is 3. The number of anilines is 3. The quantitative estimate of drug-likeness (QED) is 0.0237. The van der Waals surface area contributed by atoms with Crippen LogP contribution in [-0.2, 0) is 71.0 Å². The number of carbonyl (C=O) groups is 1. The van der Waals surface area contributed by atoms with Gasteiger partial charge in [-0.1, -0.05) is 23.2 Å². The highest BCUT2D eigenvalue weighted by atomic mass is 31.3. The van der Waals surface area contributed by atoms with Gasteiger partial charge in [0.1, 0.15) is 54.6 Å². The van der Waals surface area contributed by atoms with E-state index in [1.54, 1.807) is 18.2 Å². The summed E-state index contributed by atoms with van der Waals surface area (Å²) in [6, 6.07) is 7.84. The van der Waals surface area contributed by atoms with Crippen molar-refractivity contribution in [3.63, 3.8) is 0 Å². The van der Waals surface area contributed by atoms with Crippen molar-refractivity contribution in [1.82, 2.24) is 58.9 Å². The van der Waals surface area contributed by atoms with Crippen LogP contribution >= 0.6 is 31.3 Å². The van der Waals surface area contributed by atoms with E-state index in [9.17, 15) is 67.5 Å². The predicted molar refractivity (Wildman–Crippen MR) is 275 cm³/mol. The van der Waals surface area contributed by atoms with E-state index in [2.05, 4.69) is 53.8 Å². The van der Waals surface area contributed by atoms with Crippen LogP contribution in [0.4, 0.5) is 17.7 Å². The molecule has 84 heavy (non-hydrogen) atoms. The molecule has 1 amide bonds. The maximum absolute atomic E-state index is 13.8. The van der Waals surface area contributed by atoms with Crippen molar-refractivity contribution >= 4 is 88.4 Å². The fraction of sp³-hybridized carbons (Fsp3) is 0.450. The number of aromatic nitrogens is 12. The van der Waals surface area contributed by atoms with E-state index >= 15 is 0 Å². The summed E-state index contributed by atoms with van der Waals surface area (Å²) in [5.74, 6) is -2.55. The summed E-state index contributed by atoms with van der Waals surface area (Å²) in [6.45, 7) is -3.73. The number of aliphatic hydroxyl groups is 3. The second-order valence-electron chi connectivity index (χ2n) is 18.7. The third-order valence-electron chi connectivity index (χ3n) is 13.3. The number of fused-ring (bicyclic) bond motifs is 3. The van der Waals surface area contributed by atoms with Gasteiger partial charge in [0, 0.05) is 25.1 Å². The fourth-order valence-corrected chi connectivity index (χ4v) is 14.0. The first kappa shape index (κ1) is 60.7. The normalized spacial score (nSPS) is 28.3. The number of rotatable bonds is 22. The van der Waals surface area contributed by atoms with E-state index in [-0.39, 0.29) is 56.8 Å². The van der Waals surface area contributed by atoms with Crippen molar-refractivity contribution < 1.29 is 108 Å². The molecule has 0 spiro atoms. The maximum atomic E-state index is 13.8. The number of nitrogens with zero attached hydrogens (tertiary/aromatic N) is 10. The molecule has 3 aliphatic heterocycles. The number of ether oxygens (including phenoxy) is 4. The summed E-state index contributed by atoms with van der Waals surface area (Å²) in [7, 11) is -21.1. The molecule has 3 aliphatic rings. The lowest BCUT2D eigenvalue weighted by atomic mass is 9.98. The minimum absolute atomic E-state index is 0.00220. The average molecular weight is 1260 g/mol. The first-order chi connectivity index (χ1) is 39.6. The molecule has 7 aromatic rings. The summed E-state index contributed by atoms with van der Waals surface area (Å²) in [5.41, 5.74) is 15.8. The zero-order valence-corrected chi connectivity index (χ0v) is 46.6. The van der Waals surface area contributed by atoms with Gasteiger partial charge >= 0.3 is 36.9 Å². The first-order valence-corrected chi connectivity index (χ1v) is 30.3. The SMILES string of the molecule is CO[C@@H]1[C@H](OP(=O)(O)OC[C@H]2O[C@@H](n3cnc4c(=O)[nH]c(N)nc43)[C@H](O)[C@@H]2O)[C@@H](COP(=O)(O)OP(=O)(O)OP(=O)(O)OC[C@H]2O[C@@H]([n+]3cn(C)c4c(=O)[nH]c(N)nc43)[C@H](O)[C@@H]2CNC(=O)c2ccccc2)O[C@H]1n1cnc2c(N)ncnc21. The third kappa shape index (κ3) is 12.5. The van der Waals surface area contributed by atoms with Gasteiger partial charge < -0.3 is 76.4 Å². The highest BCUT2D eigenvalue weighted by Gasteiger charge is 2.54. The van der Waals surface area contributed by atoms with Crippen LogP contribution in [0.2, 0.25) is 0 Å². The van der Waals surface area contributed by atoms with Gasteiger partial charge in [0.15, 0.2) is 41.4 Å². The monoisotopic (exact) mass is 1260 g/mol. The molecule has 4 unspecified atom stereocenters. The van der Waals surface area contributed by atoms with Gasteiger partial charge in [-0.05, 0) is 12.1 Å². The number of methoxy groups -OCH3 is 1. The molecule has 454 valence electrons. The number of imidazole rings is 3. The predicted octanol–water partition coefficient (Wildman–Crippen LogP) is -3.03. The molecule has 3 fully saturated rings. The zero-order valence-electron chi connectivity index (χ0n) is 43.0. The summed E-state index contributed by atoms with van der Waals surface area (Å²) in [5, 5.41) is 36.1. The molecule has 40 nitrogen and oxygen atoms in total. The number of phosphoric ester groups is 3. The lowest BCUT2D eigenvalue weighted by molar-refractivity contribution is -0.745. The molecule has 1 aromatic carbocycles. The van der Waals surface area contributed by atoms with Crippen LogP contribution in [0.25, 0.3) is 33.5 Å². The van der Waals surface area contributed by atoms with E-state index in [0.717, 1.165) is 30.7 Å². The van der Waals surface area contributed by atoms with Crippen LogP contribution in [0.3, 0.4) is 0 Å². The Morgan fingerprint density at radius 1 is 0.714 bits per heavy atom. The second-order valence-corrected chi connectivity index (χ2v) is 24.8. The van der Waals surface area contributed by atoms with Crippen LogP contribution in [-0.4, -0.2) is 177 Å². The van der Waals surface area contributed by atoms with Gasteiger partial charge in [0.2, 0.25) is 17.7 Å². The van der Waals surface area contributed by atoms with Gasteiger partial charge in [0.05, 0.1) is 45.6 Å². The summed E-state index contributed by atoms with van der Waals surface area (Å²) >= 11 is 0. The van der Waals surface area contributed by atoms with E-state index in [1.165, 1.54) is 39.2 Å². The standard InChI is InChI=1S/C40H50N16O24P4/c1-53-15-56(32-23(53)35(62)52-40(43)50-32)36-24(57)17(8-44-33(60)16-6-4-3-5-7-16)18(75-36)9-73-82(65,66)79-84(69,70)80-83(67,68)74-11-20-27(28(71-2)38(77-20)54-13-47-21-29(41)45-12-46-30(21)54)78-81(63,64)72-10-19-25(58)26(59)37(76-19)55-14-48-22-31(55)49-39(42)51-34(22)61/h3-7,12-15,17-20,24-28,36-38,57-59H,8-11H2,1-2H3,(H12-,41,42,43,44,45,46,49,50,51,52,60,61,62,63,64,65,66,67,68,69,70)/p+1/t17-,18-,19-,20-,24-,25-,26-,27-,28-,36-,37-,38-/m1/s1. The van der Waals surface area contributed by atoms with Crippen molar-refractivity contribution in [3.05, 3.63) is 81.9 Å². The topological polar surface area (TPSA) is 571 Å². The van der Waals surface area contributed by atoms with E-state index < -0.39 is 148 Å². The molecule has 0 aliphatic carbocycles. The molecule has 16 atom stereocenters. The Labute approximate surface area is 467 Å². The number of H-pyrrole nitrogens is 2. The maximum Gasteiger partial charge on any atom is 0.490 e. The van der Waals surface area contributed by atoms with Gasteiger partial charge in [-0.15, -0.1) is 0 Å². The molecule has 3 saturated heterocycles. The van der Waals surface area contributed by atoms with Crippen molar-refractivity contribution in [2.24, 2.45) is 13.0 Å². The van der Waals surface area contributed by atoms with Gasteiger partial charge in [-0.25, -0.2) is 42.8 Å². The van der Waals surface area contributed by atoms with Crippen molar-refractivity contribution in [3.8, 4) is 0 Å². The number of benzene rings is 1. The number of aryl methyl sites for hydroxylation is 1. The Morgan fingerprint density at radius 3 is 2.01 bits per heavy atom. The summed E-state index contributed by atoms with van der Waals surface area (Å²) in [6.07, 6.45) is -13.5. The molecule has 0 radical (unpaired) electrons. The number of hydrogen-bond donors (Lipinski definition) is 13. The number of amides is 1. The van der Waals surface area contributed by atoms with Crippen molar-refractivity contribution in [2.75, 3.05) is 50.7 Å². The zero-order chi connectivity index (χ0) is 60.4. The molecule has 44 heteroatoms. The van der Waals surface area contributed by atoms with E-state index in [0.29, 0.717) is 0 Å². The Morgan fingerprint density at radius 2 is 1.32 bits per heavy atom. The average Bonchev–Trinajstić information content (AvgIpc) is 2.46. The number of nitrogens with one attached hydrogen (secondary N) is 3. The van der Waals surface area contributed by atoms with Crippen LogP contribution in [0, 0.1) is 5.92 Å². The Kier molecular flexibility index (Phi) is 16.9. The molecule has 0 bridgehead atoms. The Balaban J connectivity index is 0.819. The molecule has 9 heterocycles. The molecular weight excluding hydrogens is 1210 g/mol. The first-order valence-electron chi connectivity index (χ1n) is 24.3. The van der Waals surface area contributed by atoms with Gasteiger partial charge in [-0.2, -0.15) is 13.6 Å². The van der Waals surface area contributed by atoms with Crippen LogP contribution in [0.5, 0.6) is 0 Å². The number of aliphatic hydroxyl groups excluding tert-OH is 3. The number of nitrogen functional groups attached to an aromatic ring is 3. The smallest absolute Gasteiger partial charge is 0.387 e. The van der Waals surface area contributed by atoms with Crippen LogP contribution < -0.4 is 38.2 Å². The highest BCUT2D eigenvalue weighted by molar-refractivity contribution is 7.66. The number of aromatic amines is 2. The highest BCUT2D eigenvalue weighted by Crippen LogP contribution is 2.68. The molecule has 10 rings (SSSR count). The number of hydrogen-bond acceptors (Lipinski definition) is 29. The largest absolute Gasteiger partial charge is 0.490 e. The minimum Gasteiger partial charge on any atom is -0.387 e. The van der Waals surface area contributed by atoms with E-state index in [4.69, 9.17) is 54.2 Å². The van der Waals surface area contributed by atoms with Crippen LogP contribution in [0.15, 0.2) is 65.2 Å². The Hall–Kier alpha value is -6.42. The minimum atomic E-state index is -6.26. The van der Waals surface area contributed by atoms with Gasteiger partial charge in [0.25, 0.3) is 23.0 Å². The van der Waals surface area contributed by atoms with Crippen LogP contribution in [0.1, 0.15) is 29.0 Å². The lowest BCUT2D eigenvalue weighted by Gasteiger charge is -2.26. The number of carbonyl (C=O) groups excluding carboxylic acids is 1. The molecular formula is C40H51N16O24P4+. The number of phosphoric acid groups is 4. The van der Waals surface area contributed by atoms with Crippen molar-refractivity contribution in [2.45, 2.75) is 67.5 Å². The lowest BCUT2D eigenvalue weighted by Crippen LogP contribution is -2.46. The molecule has 16 N–H and O–H groups in total. The Bertz CT molecular complexity index is 3950. The van der Waals surface area contributed by atoms with Gasteiger partial charge in [-0.3, -0.25) is 56.1 Å². The van der Waals surface area contributed by atoms with Crippen molar-refractivity contribution in [1.29, 1.82) is 0 Å². The molecule has 0 saturated carbocycles. The molecule has 6 aromatic heterocycles. The fourth-order valence-electron chi connectivity index (χ4n) is 9.53. The summed E-state index contributed by atoms with van der Waals surface area (Å²) in [4.78, 5) is 110. The summed E-state index contributed by atoms with van der Waals surface area (Å²) < 4.78 is 111. The third-order valence-corrected chi connectivity index (χ3v) is 18.5.